The molecule has 1 heterocycles. The molecule has 0 aromatic carbocycles. The summed E-state index contributed by atoms with van der Waals surface area (Å²) in [6, 6.07) is -0.180. The van der Waals surface area contributed by atoms with Crippen LogP contribution in [0.2, 0.25) is 0 Å². The topological polar surface area (TPSA) is 49.4 Å². The van der Waals surface area contributed by atoms with Crippen LogP contribution in [0.25, 0.3) is 0 Å². The van der Waals surface area contributed by atoms with Crippen LogP contribution in [-0.4, -0.2) is 34.8 Å². The largest absolute Gasteiger partial charge is 0.342 e. The minimum atomic E-state index is -0.240. The van der Waals surface area contributed by atoms with E-state index in [1.54, 1.807) is 0 Å². The van der Waals surface area contributed by atoms with Crippen molar-refractivity contribution in [1.29, 1.82) is 0 Å². The fourth-order valence-corrected chi connectivity index (χ4v) is 3.96. The molecule has 3 fully saturated rings. The van der Waals surface area contributed by atoms with Gasteiger partial charge in [0.25, 0.3) is 0 Å². The van der Waals surface area contributed by atoms with Gasteiger partial charge in [0.2, 0.25) is 11.8 Å². The highest BCUT2D eigenvalue weighted by Crippen LogP contribution is 2.37. The van der Waals surface area contributed by atoms with Gasteiger partial charge in [0.1, 0.15) is 12.1 Å². The minimum absolute atomic E-state index is 0.0887. The zero-order chi connectivity index (χ0) is 15.0. The summed E-state index contributed by atoms with van der Waals surface area (Å²) in [6.45, 7) is 4.26. The summed E-state index contributed by atoms with van der Waals surface area (Å²) < 4.78 is 0. The third kappa shape index (κ3) is 3.09. The number of hydrogen-bond donors (Lipinski definition) is 1. The number of hydrogen-bond acceptors (Lipinski definition) is 2. The van der Waals surface area contributed by atoms with E-state index in [0.29, 0.717) is 17.9 Å². The molecule has 1 aliphatic heterocycles. The first-order valence-electron chi connectivity index (χ1n) is 8.70. The molecule has 0 spiro atoms. The molecule has 2 unspecified atom stereocenters. The summed E-state index contributed by atoms with van der Waals surface area (Å²) in [5.74, 6) is 1.12. The lowest BCUT2D eigenvalue weighted by molar-refractivity contribution is -0.154. The van der Waals surface area contributed by atoms with Gasteiger partial charge in [-0.15, -0.1) is 0 Å². The Balaban J connectivity index is 1.82. The van der Waals surface area contributed by atoms with Gasteiger partial charge in [-0.05, 0) is 43.9 Å². The predicted octanol–water partition coefficient (Wildman–Crippen LogP) is 2.47. The molecule has 0 bridgehead atoms. The van der Waals surface area contributed by atoms with Gasteiger partial charge >= 0.3 is 0 Å². The summed E-state index contributed by atoms with van der Waals surface area (Å²) in [5, 5.41) is 3.02. The summed E-state index contributed by atoms with van der Waals surface area (Å²) >= 11 is 0. The van der Waals surface area contributed by atoms with E-state index in [0.717, 1.165) is 32.1 Å². The summed E-state index contributed by atoms with van der Waals surface area (Å²) in [6.07, 6.45) is 8.76. The van der Waals surface area contributed by atoms with Gasteiger partial charge < -0.3 is 10.2 Å². The maximum Gasteiger partial charge on any atom is 0.246 e. The van der Waals surface area contributed by atoms with Crippen molar-refractivity contribution in [1.82, 2.24) is 10.2 Å². The number of piperazine rings is 1. The van der Waals surface area contributed by atoms with Gasteiger partial charge in [0.05, 0.1) is 0 Å². The lowest BCUT2D eigenvalue weighted by atomic mass is 9.88. The van der Waals surface area contributed by atoms with Gasteiger partial charge in [-0.3, -0.25) is 9.59 Å². The van der Waals surface area contributed by atoms with Gasteiger partial charge in [0, 0.05) is 6.04 Å². The molecule has 3 aliphatic rings. The average molecular weight is 292 g/mol. The number of amides is 2. The smallest absolute Gasteiger partial charge is 0.246 e. The zero-order valence-electron chi connectivity index (χ0n) is 13.3. The molecular weight excluding hydrogens is 264 g/mol. The van der Waals surface area contributed by atoms with Crippen molar-refractivity contribution >= 4 is 11.8 Å². The fraction of sp³-hybridized carbons (Fsp3) is 0.882. The quantitative estimate of drug-likeness (QED) is 0.865. The van der Waals surface area contributed by atoms with Crippen LogP contribution in [-0.2, 0) is 9.59 Å². The number of rotatable bonds is 4. The molecule has 2 atom stereocenters. The highest BCUT2D eigenvalue weighted by molar-refractivity contribution is 5.97. The Kier molecular flexibility index (Phi) is 4.23. The van der Waals surface area contributed by atoms with Crippen LogP contribution in [0.5, 0.6) is 0 Å². The Bertz CT molecular complexity index is 411. The van der Waals surface area contributed by atoms with E-state index in [4.69, 9.17) is 0 Å². The molecule has 1 saturated heterocycles. The number of carbonyl (C=O) groups excluding carboxylic acids is 2. The van der Waals surface area contributed by atoms with Crippen molar-refractivity contribution in [2.45, 2.75) is 83.3 Å². The number of nitrogens with one attached hydrogen (secondary N) is 1. The molecule has 118 valence electrons. The van der Waals surface area contributed by atoms with Crippen molar-refractivity contribution in [3.05, 3.63) is 0 Å². The molecule has 2 aliphatic carbocycles. The molecule has 21 heavy (non-hydrogen) atoms. The van der Waals surface area contributed by atoms with E-state index in [1.165, 1.54) is 19.3 Å². The summed E-state index contributed by atoms with van der Waals surface area (Å²) in [5.41, 5.74) is 0. The Morgan fingerprint density at radius 1 is 1.10 bits per heavy atom. The highest BCUT2D eigenvalue weighted by Gasteiger charge is 2.48. The van der Waals surface area contributed by atoms with Crippen molar-refractivity contribution in [3.8, 4) is 0 Å². The third-order valence-corrected chi connectivity index (χ3v) is 5.21. The van der Waals surface area contributed by atoms with Crippen molar-refractivity contribution < 1.29 is 9.59 Å². The predicted molar refractivity (Wildman–Crippen MR) is 81.6 cm³/mol. The average Bonchev–Trinajstić information content (AvgIpc) is 3.28. The summed E-state index contributed by atoms with van der Waals surface area (Å²) in [7, 11) is 0. The first kappa shape index (κ1) is 14.9. The second kappa shape index (κ2) is 5.98. The molecule has 4 heteroatoms. The molecule has 3 rings (SSSR count). The summed E-state index contributed by atoms with van der Waals surface area (Å²) in [4.78, 5) is 27.5. The van der Waals surface area contributed by atoms with E-state index in [2.05, 4.69) is 19.2 Å². The van der Waals surface area contributed by atoms with Crippen LogP contribution in [0, 0.1) is 11.8 Å². The molecular formula is C17H28N2O2. The molecule has 0 aromatic heterocycles. The number of nitrogens with zero attached hydrogens (tertiary/aromatic N) is 1. The lowest BCUT2D eigenvalue weighted by Crippen LogP contribution is -2.66. The van der Waals surface area contributed by atoms with Gasteiger partial charge in [0.15, 0.2) is 0 Å². The van der Waals surface area contributed by atoms with E-state index >= 15 is 0 Å². The first-order valence-corrected chi connectivity index (χ1v) is 8.70. The van der Waals surface area contributed by atoms with Crippen molar-refractivity contribution in [3.63, 3.8) is 0 Å². The van der Waals surface area contributed by atoms with E-state index in [-0.39, 0.29) is 23.9 Å². The molecule has 0 radical (unpaired) electrons. The van der Waals surface area contributed by atoms with E-state index < -0.39 is 0 Å². The molecule has 4 nitrogen and oxygen atoms in total. The Morgan fingerprint density at radius 3 is 2.33 bits per heavy atom. The van der Waals surface area contributed by atoms with Crippen LogP contribution in [0.3, 0.4) is 0 Å². The molecule has 0 aromatic rings. The van der Waals surface area contributed by atoms with Crippen LogP contribution >= 0.6 is 0 Å². The minimum Gasteiger partial charge on any atom is -0.342 e. The van der Waals surface area contributed by atoms with E-state index in [9.17, 15) is 9.59 Å². The SMILES string of the molecule is CC(C)CC1C(=O)NC(C2CC2)C(=O)N1C1CCCCC1. The zero-order valence-corrected chi connectivity index (χ0v) is 13.3. The standard InChI is InChI=1S/C17H28N2O2/c1-11(2)10-14-16(20)18-15(12-8-9-12)17(21)19(14)13-6-4-3-5-7-13/h11-15H,3-10H2,1-2H3,(H,18,20). The molecule has 1 N–H and O–H groups in total. The first-order chi connectivity index (χ1) is 10.1. The van der Waals surface area contributed by atoms with Crippen LogP contribution in [0.15, 0.2) is 0 Å². The van der Waals surface area contributed by atoms with Gasteiger partial charge in [-0.25, -0.2) is 0 Å². The Hall–Kier alpha value is -1.06. The van der Waals surface area contributed by atoms with Crippen LogP contribution < -0.4 is 5.32 Å². The normalized spacial score (nSPS) is 31.7. The highest BCUT2D eigenvalue weighted by atomic mass is 16.2. The van der Waals surface area contributed by atoms with Crippen LogP contribution in [0.1, 0.15) is 65.2 Å². The van der Waals surface area contributed by atoms with Crippen molar-refractivity contribution in [2.75, 3.05) is 0 Å². The molecule has 2 amide bonds. The van der Waals surface area contributed by atoms with Gasteiger partial charge in [-0.1, -0.05) is 33.1 Å². The fourth-order valence-electron chi connectivity index (χ4n) is 3.96. The molecule has 2 saturated carbocycles. The maximum absolute atomic E-state index is 13.0. The Morgan fingerprint density at radius 2 is 1.76 bits per heavy atom. The monoisotopic (exact) mass is 292 g/mol. The van der Waals surface area contributed by atoms with Crippen LogP contribution in [0.4, 0.5) is 0 Å². The van der Waals surface area contributed by atoms with Gasteiger partial charge in [-0.2, -0.15) is 0 Å². The second-order valence-electron chi connectivity index (χ2n) is 7.51. The lowest BCUT2D eigenvalue weighted by Gasteiger charge is -2.45. The van der Waals surface area contributed by atoms with E-state index in [1.807, 2.05) is 4.90 Å². The third-order valence-electron chi connectivity index (χ3n) is 5.21. The second-order valence-corrected chi connectivity index (χ2v) is 7.51. The Labute approximate surface area is 127 Å². The number of carbonyl (C=O) groups is 2. The maximum atomic E-state index is 13.0. The van der Waals surface area contributed by atoms with Crippen molar-refractivity contribution in [2.24, 2.45) is 11.8 Å².